The molecule has 0 aromatic heterocycles. The van der Waals surface area contributed by atoms with Crippen LogP contribution in [0.5, 0.6) is 0 Å². The van der Waals surface area contributed by atoms with Crippen LogP contribution in [0.15, 0.2) is 24.3 Å². The number of hydrogen-bond acceptors (Lipinski definition) is 2. The average molecular weight is 275 g/mol. The van der Waals surface area contributed by atoms with Crippen molar-refractivity contribution in [3.8, 4) is 0 Å². The van der Waals surface area contributed by atoms with Crippen LogP contribution in [0, 0.1) is 32.4 Å². The van der Waals surface area contributed by atoms with Crippen LogP contribution in [-0.4, -0.2) is 5.78 Å². The molecule has 4 heteroatoms. The highest BCUT2D eigenvalue weighted by atomic mass is 19.1. The van der Waals surface area contributed by atoms with Gasteiger partial charge in [-0.2, -0.15) is 0 Å². The maximum Gasteiger partial charge on any atom is 0.193 e. The second-order valence-electron chi connectivity index (χ2n) is 4.92. The minimum absolute atomic E-state index is 0.170. The third kappa shape index (κ3) is 2.41. The Morgan fingerprint density at radius 2 is 1.55 bits per heavy atom. The topological polar surface area (TPSA) is 43.1 Å². The molecule has 0 fully saturated rings. The zero-order valence-corrected chi connectivity index (χ0v) is 11.6. The predicted octanol–water partition coefficient (Wildman–Crippen LogP) is 3.70. The summed E-state index contributed by atoms with van der Waals surface area (Å²) in [6.45, 7) is 4.85. The maximum atomic E-state index is 13.7. The fourth-order valence-electron chi connectivity index (χ4n) is 2.24. The van der Waals surface area contributed by atoms with E-state index in [0.717, 1.165) is 6.07 Å². The summed E-state index contributed by atoms with van der Waals surface area (Å²) in [4.78, 5) is 12.5. The van der Waals surface area contributed by atoms with Crippen LogP contribution < -0.4 is 5.73 Å². The molecule has 0 saturated carbocycles. The molecule has 2 aromatic rings. The predicted molar refractivity (Wildman–Crippen MR) is 74.9 cm³/mol. The van der Waals surface area contributed by atoms with Gasteiger partial charge in [0.25, 0.3) is 0 Å². The number of nitrogens with two attached hydrogens (primary N) is 1. The average Bonchev–Trinajstić information content (AvgIpc) is 2.33. The number of rotatable bonds is 2. The van der Waals surface area contributed by atoms with Crippen molar-refractivity contribution >= 4 is 11.5 Å². The summed E-state index contributed by atoms with van der Waals surface area (Å²) >= 11 is 0. The van der Waals surface area contributed by atoms with Crippen molar-refractivity contribution in [2.45, 2.75) is 20.8 Å². The third-order valence-corrected chi connectivity index (χ3v) is 3.37. The number of ketones is 1. The van der Waals surface area contributed by atoms with E-state index in [1.54, 1.807) is 20.8 Å². The number of carbonyl (C=O) groups excluding carboxylic acids is 1. The fourth-order valence-corrected chi connectivity index (χ4v) is 2.24. The van der Waals surface area contributed by atoms with Crippen molar-refractivity contribution in [2.75, 3.05) is 5.73 Å². The van der Waals surface area contributed by atoms with Gasteiger partial charge in [-0.15, -0.1) is 0 Å². The molecule has 20 heavy (non-hydrogen) atoms. The molecule has 0 amide bonds. The lowest BCUT2D eigenvalue weighted by Crippen LogP contribution is -2.09. The summed E-state index contributed by atoms with van der Waals surface area (Å²) in [5, 5.41) is 0. The van der Waals surface area contributed by atoms with E-state index in [1.807, 2.05) is 0 Å². The highest BCUT2D eigenvalue weighted by molar-refractivity contribution is 6.11. The van der Waals surface area contributed by atoms with Crippen LogP contribution in [0.4, 0.5) is 14.5 Å². The first-order chi connectivity index (χ1) is 9.31. The number of anilines is 1. The monoisotopic (exact) mass is 275 g/mol. The summed E-state index contributed by atoms with van der Waals surface area (Å²) in [6.07, 6.45) is 0. The summed E-state index contributed by atoms with van der Waals surface area (Å²) < 4.78 is 27.0. The van der Waals surface area contributed by atoms with Gasteiger partial charge in [0, 0.05) is 22.4 Å². The van der Waals surface area contributed by atoms with Gasteiger partial charge in [0.05, 0.1) is 0 Å². The molecule has 2 nitrogen and oxygen atoms in total. The molecular formula is C16H15F2NO. The molecule has 0 aliphatic heterocycles. The SMILES string of the molecule is Cc1cc(F)cc(C)c1C(=O)c1cc(N)c(C)c(F)c1. The van der Waals surface area contributed by atoms with Gasteiger partial charge in [0.2, 0.25) is 0 Å². The lowest BCUT2D eigenvalue weighted by atomic mass is 9.94. The van der Waals surface area contributed by atoms with Crippen molar-refractivity contribution < 1.29 is 13.6 Å². The number of halogens is 2. The van der Waals surface area contributed by atoms with Gasteiger partial charge >= 0.3 is 0 Å². The Bertz CT molecular complexity index is 662. The van der Waals surface area contributed by atoms with Crippen molar-refractivity contribution in [3.63, 3.8) is 0 Å². The zero-order valence-electron chi connectivity index (χ0n) is 11.6. The Morgan fingerprint density at radius 3 is 2.05 bits per heavy atom. The Labute approximate surface area is 116 Å². The van der Waals surface area contributed by atoms with E-state index in [4.69, 9.17) is 5.73 Å². The largest absolute Gasteiger partial charge is 0.398 e. The summed E-state index contributed by atoms with van der Waals surface area (Å²) in [6, 6.07) is 5.18. The first-order valence-electron chi connectivity index (χ1n) is 6.18. The quantitative estimate of drug-likeness (QED) is 0.670. The standard InChI is InChI=1S/C16H15F2NO/c1-8-4-12(17)5-9(2)15(8)16(20)11-6-13(18)10(3)14(19)7-11/h4-7H,19H2,1-3H3. The molecule has 0 unspecified atom stereocenters. The number of hydrogen-bond donors (Lipinski definition) is 1. The van der Waals surface area contributed by atoms with E-state index in [9.17, 15) is 13.6 Å². The lowest BCUT2D eigenvalue weighted by Gasteiger charge is -2.11. The molecule has 0 spiro atoms. The van der Waals surface area contributed by atoms with Crippen LogP contribution in [0.1, 0.15) is 32.6 Å². The molecule has 0 heterocycles. The molecule has 2 aromatic carbocycles. The molecular weight excluding hydrogens is 260 g/mol. The maximum absolute atomic E-state index is 13.7. The van der Waals surface area contributed by atoms with E-state index in [2.05, 4.69) is 0 Å². The van der Waals surface area contributed by atoms with Gasteiger partial charge in [0.1, 0.15) is 11.6 Å². The Balaban J connectivity index is 2.58. The molecule has 104 valence electrons. The van der Waals surface area contributed by atoms with Crippen molar-refractivity contribution in [1.29, 1.82) is 0 Å². The van der Waals surface area contributed by atoms with E-state index >= 15 is 0 Å². The van der Waals surface area contributed by atoms with E-state index in [0.29, 0.717) is 22.3 Å². The van der Waals surface area contributed by atoms with Gasteiger partial charge in [-0.05, 0) is 56.2 Å². The van der Waals surface area contributed by atoms with Crippen LogP contribution in [0.2, 0.25) is 0 Å². The molecule has 0 aliphatic rings. The molecule has 2 rings (SSSR count). The molecule has 0 atom stereocenters. The smallest absolute Gasteiger partial charge is 0.193 e. The Hall–Kier alpha value is -2.23. The van der Waals surface area contributed by atoms with Crippen LogP contribution >= 0.6 is 0 Å². The van der Waals surface area contributed by atoms with Crippen LogP contribution in [0.3, 0.4) is 0 Å². The molecule has 0 radical (unpaired) electrons. The van der Waals surface area contributed by atoms with Crippen LogP contribution in [0.25, 0.3) is 0 Å². The van der Waals surface area contributed by atoms with Crippen molar-refractivity contribution in [2.24, 2.45) is 0 Å². The third-order valence-electron chi connectivity index (χ3n) is 3.37. The summed E-state index contributed by atoms with van der Waals surface area (Å²) in [5.74, 6) is -1.28. The van der Waals surface area contributed by atoms with E-state index in [1.165, 1.54) is 18.2 Å². The molecule has 0 saturated heterocycles. The zero-order chi connectivity index (χ0) is 15.0. The number of benzene rings is 2. The lowest BCUT2D eigenvalue weighted by molar-refractivity contribution is 0.103. The number of carbonyl (C=O) groups is 1. The summed E-state index contributed by atoms with van der Waals surface area (Å²) in [5.41, 5.74) is 7.82. The van der Waals surface area contributed by atoms with E-state index in [-0.39, 0.29) is 17.0 Å². The number of aryl methyl sites for hydroxylation is 2. The molecule has 0 bridgehead atoms. The second kappa shape index (κ2) is 5.04. The minimum Gasteiger partial charge on any atom is -0.398 e. The highest BCUT2D eigenvalue weighted by Gasteiger charge is 2.17. The normalized spacial score (nSPS) is 10.7. The van der Waals surface area contributed by atoms with Crippen molar-refractivity contribution in [3.05, 3.63) is 63.7 Å². The summed E-state index contributed by atoms with van der Waals surface area (Å²) in [7, 11) is 0. The molecule has 0 aliphatic carbocycles. The van der Waals surface area contributed by atoms with Gasteiger partial charge in [-0.1, -0.05) is 0 Å². The van der Waals surface area contributed by atoms with E-state index < -0.39 is 11.6 Å². The fraction of sp³-hybridized carbons (Fsp3) is 0.188. The number of nitrogen functional groups attached to an aromatic ring is 1. The first kappa shape index (κ1) is 14.2. The first-order valence-corrected chi connectivity index (χ1v) is 6.18. The molecule has 2 N–H and O–H groups in total. The second-order valence-corrected chi connectivity index (χ2v) is 4.92. The highest BCUT2D eigenvalue weighted by Crippen LogP contribution is 2.23. The minimum atomic E-state index is -0.522. The van der Waals surface area contributed by atoms with Gasteiger partial charge in [-0.3, -0.25) is 4.79 Å². The van der Waals surface area contributed by atoms with Crippen molar-refractivity contribution in [1.82, 2.24) is 0 Å². The Kier molecular flexibility index (Phi) is 3.57. The van der Waals surface area contributed by atoms with Gasteiger partial charge < -0.3 is 5.73 Å². The Morgan fingerprint density at radius 1 is 1.00 bits per heavy atom. The van der Waals surface area contributed by atoms with Crippen LogP contribution in [-0.2, 0) is 0 Å². The van der Waals surface area contributed by atoms with Gasteiger partial charge in [0.15, 0.2) is 5.78 Å². The van der Waals surface area contributed by atoms with Gasteiger partial charge in [-0.25, -0.2) is 8.78 Å².